The van der Waals surface area contributed by atoms with Crippen LogP contribution in [0.5, 0.6) is 5.75 Å². The maximum atomic E-state index is 13.1. The Balaban J connectivity index is 1.72. The van der Waals surface area contributed by atoms with E-state index >= 15 is 0 Å². The molecule has 1 heterocycles. The first-order chi connectivity index (χ1) is 15.4. The van der Waals surface area contributed by atoms with Crippen molar-refractivity contribution in [3.63, 3.8) is 0 Å². The molecule has 0 radical (unpaired) electrons. The quantitative estimate of drug-likeness (QED) is 0.455. The van der Waals surface area contributed by atoms with Crippen molar-refractivity contribution in [2.75, 3.05) is 11.9 Å². The van der Waals surface area contributed by atoms with Gasteiger partial charge in [-0.2, -0.15) is 5.10 Å². The zero-order valence-electron chi connectivity index (χ0n) is 18.3. The molecule has 1 atom stereocenters. The second kappa shape index (κ2) is 10.9. The van der Waals surface area contributed by atoms with Crippen LogP contribution in [0.2, 0.25) is 0 Å². The first kappa shape index (κ1) is 23.5. The topological polar surface area (TPSA) is 85.2 Å². The standard InChI is InChI=1S/C24H27BrN4O3/c1-4-32-20-8-6-5-7-19(20)23(30)28-22(16(2)3)24(31)27-21-13-14-26-29(21)15-17-9-11-18(25)12-10-17/h5-14,16,22H,4,15H2,1-3H3,(H,27,31)(H,28,30)/t22-/m0/s1. The third-order valence-corrected chi connectivity index (χ3v) is 5.41. The third kappa shape index (κ3) is 5.97. The van der Waals surface area contributed by atoms with Crippen molar-refractivity contribution in [3.05, 3.63) is 76.4 Å². The van der Waals surface area contributed by atoms with Crippen molar-refractivity contribution in [2.24, 2.45) is 5.92 Å². The number of ether oxygens (including phenoxy) is 1. The fourth-order valence-electron chi connectivity index (χ4n) is 3.22. The molecule has 0 saturated heterocycles. The van der Waals surface area contributed by atoms with E-state index in [1.807, 2.05) is 45.0 Å². The summed E-state index contributed by atoms with van der Waals surface area (Å²) in [5.41, 5.74) is 1.45. The van der Waals surface area contributed by atoms with E-state index < -0.39 is 6.04 Å². The molecule has 3 aromatic rings. The molecule has 8 heteroatoms. The Bertz CT molecular complexity index is 1060. The zero-order chi connectivity index (χ0) is 23.1. The maximum Gasteiger partial charge on any atom is 0.255 e. The van der Waals surface area contributed by atoms with Gasteiger partial charge in [-0.3, -0.25) is 9.59 Å². The Labute approximate surface area is 196 Å². The Morgan fingerprint density at radius 2 is 1.81 bits per heavy atom. The van der Waals surface area contributed by atoms with E-state index in [1.54, 1.807) is 41.2 Å². The van der Waals surface area contributed by atoms with E-state index in [-0.39, 0.29) is 17.7 Å². The molecule has 0 aliphatic carbocycles. The van der Waals surface area contributed by atoms with Crippen LogP contribution in [0.4, 0.5) is 5.82 Å². The SMILES string of the molecule is CCOc1ccccc1C(=O)N[C@H](C(=O)Nc1ccnn1Cc1ccc(Br)cc1)C(C)C. The molecule has 3 rings (SSSR count). The van der Waals surface area contributed by atoms with Gasteiger partial charge >= 0.3 is 0 Å². The van der Waals surface area contributed by atoms with Crippen LogP contribution >= 0.6 is 15.9 Å². The van der Waals surface area contributed by atoms with Gasteiger partial charge in [-0.25, -0.2) is 4.68 Å². The van der Waals surface area contributed by atoms with Crippen molar-refractivity contribution < 1.29 is 14.3 Å². The molecule has 0 aliphatic heterocycles. The molecule has 0 unspecified atom stereocenters. The number of amides is 2. The van der Waals surface area contributed by atoms with Crippen LogP contribution in [0.1, 0.15) is 36.7 Å². The summed E-state index contributed by atoms with van der Waals surface area (Å²) in [7, 11) is 0. The predicted octanol–water partition coefficient (Wildman–Crippen LogP) is 4.49. The van der Waals surface area contributed by atoms with Crippen LogP contribution in [-0.4, -0.2) is 34.2 Å². The molecule has 168 valence electrons. The molecular formula is C24H27BrN4O3. The summed E-state index contributed by atoms with van der Waals surface area (Å²) >= 11 is 3.43. The number of aromatic nitrogens is 2. The largest absolute Gasteiger partial charge is 0.493 e. The Morgan fingerprint density at radius 3 is 2.50 bits per heavy atom. The average molecular weight is 499 g/mol. The van der Waals surface area contributed by atoms with Gasteiger partial charge in [0.1, 0.15) is 17.6 Å². The number of benzene rings is 2. The van der Waals surface area contributed by atoms with Gasteiger partial charge < -0.3 is 15.4 Å². The molecule has 0 saturated carbocycles. The highest BCUT2D eigenvalue weighted by Crippen LogP contribution is 2.19. The van der Waals surface area contributed by atoms with Crippen molar-refractivity contribution in [2.45, 2.75) is 33.4 Å². The highest BCUT2D eigenvalue weighted by atomic mass is 79.9. The van der Waals surface area contributed by atoms with Gasteiger partial charge in [0.25, 0.3) is 5.91 Å². The summed E-state index contributed by atoms with van der Waals surface area (Å²) in [4.78, 5) is 26.0. The Kier molecular flexibility index (Phi) is 8.05. The van der Waals surface area contributed by atoms with Crippen LogP contribution in [-0.2, 0) is 11.3 Å². The lowest BCUT2D eigenvalue weighted by Gasteiger charge is -2.22. The van der Waals surface area contributed by atoms with Crippen LogP contribution in [0.3, 0.4) is 0 Å². The average Bonchev–Trinajstić information content (AvgIpc) is 3.20. The number of para-hydroxylation sites is 1. The van der Waals surface area contributed by atoms with Gasteiger partial charge in [-0.05, 0) is 42.7 Å². The summed E-state index contributed by atoms with van der Waals surface area (Å²) in [6.45, 7) is 6.59. The van der Waals surface area contributed by atoms with E-state index in [0.717, 1.165) is 10.0 Å². The number of halogens is 1. The molecular weight excluding hydrogens is 472 g/mol. The van der Waals surface area contributed by atoms with Gasteiger partial charge in [0, 0.05) is 10.5 Å². The normalized spacial score (nSPS) is 11.8. The highest BCUT2D eigenvalue weighted by molar-refractivity contribution is 9.10. The lowest BCUT2D eigenvalue weighted by molar-refractivity contribution is -0.118. The summed E-state index contributed by atoms with van der Waals surface area (Å²) in [6.07, 6.45) is 1.63. The van der Waals surface area contributed by atoms with Crippen LogP contribution in [0.15, 0.2) is 65.3 Å². The molecule has 0 fully saturated rings. The number of anilines is 1. The monoisotopic (exact) mass is 498 g/mol. The van der Waals surface area contributed by atoms with Gasteiger partial charge in [-0.1, -0.05) is 54.0 Å². The van der Waals surface area contributed by atoms with Crippen molar-refractivity contribution in [1.82, 2.24) is 15.1 Å². The second-order valence-electron chi connectivity index (χ2n) is 7.61. The minimum absolute atomic E-state index is 0.124. The van der Waals surface area contributed by atoms with Gasteiger partial charge in [0.15, 0.2) is 0 Å². The molecule has 0 aliphatic rings. The second-order valence-corrected chi connectivity index (χ2v) is 8.53. The molecule has 0 bridgehead atoms. The fraction of sp³-hybridized carbons (Fsp3) is 0.292. The van der Waals surface area contributed by atoms with Crippen molar-refractivity contribution in [1.29, 1.82) is 0 Å². The lowest BCUT2D eigenvalue weighted by atomic mass is 10.0. The molecule has 32 heavy (non-hydrogen) atoms. The highest BCUT2D eigenvalue weighted by Gasteiger charge is 2.26. The van der Waals surface area contributed by atoms with E-state index in [9.17, 15) is 9.59 Å². The van der Waals surface area contributed by atoms with E-state index in [2.05, 4.69) is 31.7 Å². The van der Waals surface area contributed by atoms with E-state index in [0.29, 0.717) is 30.3 Å². The number of carbonyl (C=O) groups excluding carboxylic acids is 2. The minimum Gasteiger partial charge on any atom is -0.493 e. The summed E-state index contributed by atoms with van der Waals surface area (Å²) in [5.74, 6) is 0.266. The van der Waals surface area contributed by atoms with Gasteiger partial charge in [0.05, 0.1) is 24.9 Å². The van der Waals surface area contributed by atoms with Crippen LogP contribution in [0.25, 0.3) is 0 Å². The summed E-state index contributed by atoms with van der Waals surface area (Å²) < 4.78 is 8.26. The first-order valence-electron chi connectivity index (χ1n) is 10.5. The smallest absolute Gasteiger partial charge is 0.255 e. The van der Waals surface area contributed by atoms with Crippen molar-refractivity contribution in [3.8, 4) is 5.75 Å². The van der Waals surface area contributed by atoms with Crippen LogP contribution in [0, 0.1) is 5.92 Å². The minimum atomic E-state index is -0.729. The molecule has 2 amide bonds. The lowest BCUT2D eigenvalue weighted by Crippen LogP contribution is -2.47. The molecule has 2 aromatic carbocycles. The molecule has 1 aromatic heterocycles. The van der Waals surface area contributed by atoms with E-state index in [4.69, 9.17) is 4.74 Å². The molecule has 7 nitrogen and oxygen atoms in total. The predicted molar refractivity (Wildman–Crippen MR) is 128 cm³/mol. The van der Waals surface area contributed by atoms with Gasteiger partial charge in [0.2, 0.25) is 5.91 Å². The fourth-order valence-corrected chi connectivity index (χ4v) is 3.49. The Hall–Kier alpha value is -3.13. The summed E-state index contributed by atoms with van der Waals surface area (Å²) in [5, 5.41) is 10.1. The summed E-state index contributed by atoms with van der Waals surface area (Å²) in [6, 6.07) is 15.9. The Morgan fingerprint density at radius 1 is 1.09 bits per heavy atom. The zero-order valence-corrected chi connectivity index (χ0v) is 19.9. The third-order valence-electron chi connectivity index (χ3n) is 4.88. The molecule has 2 N–H and O–H groups in total. The number of hydrogen-bond acceptors (Lipinski definition) is 4. The number of nitrogens with zero attached hydrogens (tertiary/aromatic N) is 2. The van der Waals surface area contributed by atoms with Crippen molar-refractivity contribution >= 4 is 33.6 Å². The number of rotatable bonds is 9. The number of nitrogens with one attached hydrogen (secondary N) is 2. The van der Waals surface area contributed by atoms with Crippen LogP contribution < -0.4 is 15.4 Å². The number of carbonyl (C=O) groups is 2. The molecule has 0 spiro atoms. The maximum absolute atomic E-state index is 13.1. The van der Waals surface area contributed by atoms with E-state index in [1.165, 1.54) is 0 Å². The van der Waals surface area contributed by atoms with Gasteiger partial charge in [-0.15, -0.1) is 0 Å². The number of hydrogen-bond donors (Lipinski definition) is 2. The first-order valence-corrected chi connectivity index (χ1v) is 11.3.